The van der Waals surface area contributed by atoms with Crippen LogP contribution in [0.2, 0.25) is 0 Å². The van der Waals surface area contributed by atoms with Crippen LogP contribution in [0.5, 0.6) is 17.2 Å². The molecule has 0 aliphatic rings. The van der Waals surface area contributed by atoms with Crippen LogP contribution in [0.3, 0.4) is 0 Å². The molecule has 0 heterocycles. The Labute approximate surface area is 152 Å². The van der Waals surface area contributed by atoms with E-state index in [-0.39, 0.29) is 22.3 Å². The van der Waals surface area contributed by atoms with E-state index in [1.165, 1.54) is 41.0 Å². The van der Waals surface area contributed by atoms with Gasteiger partial charge < -0.3 is 14.9 Å². The van der Waals surface area contributed by atoms with Gasteiger partial charge in [-0.2, -0.15) is 0 Å². The number of hydrogen-bond acceptors (Lipinski definition) is 3. The minimum atomic E-state index is 0.0972. The van der Waals surface area contributed by atoms with Gasteiger partial charge in [-0.25, -0.2) is 0 Å². The topological polar surface area (TPSA) is 49.7 Å². The number of aromatic hydroxyl groups is 2. The second kappa shape index (κ2) is 7.81. The maximum atomic E-state index is 8.65. The fourth-order valence-electron chi connectivity index (χ4n) is 3.02. The van der Waals surface area contributed by atoms with Crippen LogP contribution in [0.4, 0.5) is 0 Å². The van der Waals surface area contributed by atoms with Gasteiger partial charge in [0.2, 0.25) is 0 Å². The van der Waals surface area contributed by atoms with Crippen molar-refractivity contribution >= 4 is 0 Å². The summed E-state index contributed by atoms with van der Waals surface area (Å²) in [5, 5.41) is 17.3. The van der Waals surface area contributed by atoms with E-state index in [0.717, 1.165) is 5.75 Å². The van der Waals surface area contributed by atoms with Gasteiger partial charge in [-0.05, 0) is 59.2 Å². The van der Waals surface area contributed by atoms with E-state index in [1.54, 1.807) is 7.11 Å². The van der Waals surface area contributed by atoms with Crippen LogP contribution in [-0.4, -0.2) is 17.3 Å². The van der Waals surface area contributed by atoms with Crippen LogP contribution in [0.1, 0.15) is 58.2 Å². The van der Waals surface area contributed by atoms with E-state index < -0.39 is 0 Å². The van der Waals surface area contributed by atoms with Crippen LogP contribution < -0.4 is 4.74 Å². The van der Waals surface area contributed by atoms with Crippen molar-refractivity contribution in [2.24, 2.45) is 0 Å². The summed E-state index contributed by atoms with van der Waals surface area (Å²) in [6.45, 7) is 15.7. The first-order chi connectivity index (χ1) is 11.4. The number of methoxy groups -OCH3 is 1. The molecule has 0 aliphatic heterocycles. The third-order valence-corrected chi connectivity index (χ3v) is 3.95. The van der Waals surface area contributed by atoms with Crippen molar-refractivity contribution in [3.8, 4) is 17.2 Å². The standard InChI is InChI=1S/C16H26O.C6H6O2/c1-11-9-10-12(17-8)14(16(5,6)7)13(11)15(2,3)4;7-5-1-2-6(8)4-3-5/h9-10H,1-8H3;1-4,7-8H. The van der Waals surface area contributed by atoms with Crippen molar-refractivity contribution in [1.29, 1.82) is 0 Å². The minimum absolute atomic E-state index is 0.0972. The van der Waals surface area contributed by atoms with E-state index in [9.17, 15) is 0 Å². The maximum absolute atomic E-state index is 8.65. The Kier molecular flexibility index (Phi) is 6.53. The maximum Gasteiger partial charge on any atom is 0.122 e. The SMILES string of the molecule is COc1ccc(C)c(C(C)(C)C)c1C(C)(C)C.Oc1ccc(O)cc1. The van der Waals surface area contributed by atoms with Crippen LogP contribution in [-0.2, 0) is 10.8 Å². The Hall–Kier alpha value is -2.16. The number of phenols is 2. The van der Waals surface area contributed by atoms with E-state index in [4.69, 9.17) is 14.9 Å². The molecule has 0 radical (unpaired) electrons. The molecule has 0 aromatic heterocycles. The summed E-state index contributed by atoms with van der Waals surface area (Å²) in [4.78, 5) is 0. The van der Waals surface area contributed by atoms with Gasteiger partial charge in [0.15, 0.2) is 0 Å². The van der Waals surface area contributed by atoms with Crippen LogP contribution >= 0.6 is 0 Å². The highest BCUT2D eigenvalue weighted by atomic mass is 16.5. The zero-order valence-electron chi connectivity index (χ0n) is 16.8. The molecule has 25 heavy (non-hydrogen) atoms. The van der Waals surface area contributed by atoms with Crippen molar-refractivity contribution in [2.75, 3.05) is 7.11 Å². The van der Waals surface area contributed by atoms with Crippen molar-refractivity contribution in [1.82, 2.24) is 0 Å². The first kappa shape index (κ1) is 20.9. The molecule has 2 rings (SSSR count). The van der Waals surface area contributed by atoms with Crippen molar-refractivity contribution in [2.45, 2.75) is 59.3 Å². The van der Waals surface area contributed by atoms with Crippen molar-refractivity contribution in [3.05, 3.63) is 53.1 Å². The summed E-state index contributed by atoms with van der Waals surface area (Å²) >= 11 is 0. The predicted octanol–water partition coefficient (Wildman–Crippen LogP) is 5.70. The molecule has 0 fully saturated rings. The predicted molar refractivity (Wildman–Crippen MR) is 105 cm³/mol. The Morgan fingerprint density at radius 1 is 0.680 bits per heavy atom. The third kappa shape index (κ3) is 5.70. The van der Waals surface area contributed by atoms with Crippen molar-refractivity contribution < 1.29 is 14.9 Å². The molecular formula is C22H32O3. The second-order valence-corrected chi connectivity index (χ2v) is 8.35. The molecule has 0 bridgehead atoms. The number of phenolic OH excluding ortho intramolecular Hbond substituents is 2. The average Bonchev–Trinajstić information content (AvgIpc) is 2.48. The van der Waals surface area contributed by atoms with Gasteiger partial charge in [0.05, 0.1) is 7.11 Å². The van der Waals surface area contributed by atoms with Crippen LogP contribution in [0.15, 0.2) is 36.4 Å². The van der Waals surface area contributed by atoms with Gasteiger partial charge in [0.25, 0.3) is 0 Å². The molecule has 3 heteroatoms. The quantitative estimate of drug-likeness (QED) is 0.653. The lowest BCUT2D eigenvalue weighted by Crippen LogP contribution is -2.24. The van der Waals surface area contributed by atoms with E-state index >= 15 is 0 Å². The number of benzene rings is 2. The molecule has 0 spiro atoms. The van der Waals surface area contributed by atoms with Crippen molar-refractivity contribution in [3.63, 3.8) is 0 Å². The Bertz CT molecular complexity index is 666. The summed E-state index contributed by atoms with van der Waals surface area (Å²) in [5.74, 6) is 1.35. The van der Waals surface area contributed by atoms with Crippen LogP contribution in [0.25, 0.3) is 0 Å². The molecule has 0 aliphatic carbocycles. The summed E-state index contributed by atoms with van der Waals surface area (Å²) in [6, 6.07) is 9.95. The Morgan fingerprint density at radius 2 is 1.08 bits per heavy atom. The summed E-state index contributed by atoms with van der Waals surface area (Å²) in [5.41, 5.74) is 4.35. The largest absolute Gasteiger partial charge is 0.508 e. The lowest BCUT2D eigenvalue weighted by atomic mass is 9.73. The van der Waals surface area contributed by atoms with Gasteiger partial charge in [-0.3, -0.25) is 0 Å². The molecule has 0 saturated heterocycles. The highest BCUT2D eigenvalue weighted by molar-refractivity contribution is 5.51. The fraction of sp³-hybridized carbons (Fsp3) is 0.455. The Balaban J connectivity index is 0.000000324. The summed E-state index contributed by atoms with van der Waals surface area (Å²) < 4.78 is 5.56. The van der Waals surface area contributed by atoms with Gasteiger partial charge in [-0.1, -0.05) is 47.6 Å². The molecule has 0 unspecified atom stereocenters. The lowest BCUT2D eigenvalue weighted by molar-refractivity contribution is 0.391. The second-order valence-electron chi connectivity index (χ2n) is 8.35. The molecular weight excluding hydrogens is 312 g/mol. The Morgan fingerprint density at radius 3 is 1.40 bits per heavy atom. The third-order valence-electron chi connectivity index (χ3n) is 3.95. The number of ether oxygens (including phenoxy) is 1. The molecule has 2 aromatic carbocycles. The molecule has 0 amide bonds. The zero-order chi connectivity index (χ0) is 19.4. The van der Waals surface area contributed by atoms with Gasteiger partial charge >= 0.3 is 0 Å². The monoisotopic (exact) mass is 344 g/mol. The number of hydrogen-bond donors (Lipinski definition) is 2. The molecule has 0 atom stereocenters. The van der Waals surface area contributed by atoms with Gasteiger partial charge in [0, 0.05) is 5.56 Å². The number of rotatable bonds is 1. The summed E-state index contributed by atoms with van der Waals surface area (Å²) in [7, 11) is 1.76. The number of aryl methyl sites for hydroxylation is 1. The highest BCUT2D eigenvalue weighted by Crippen LogP contribution is 2.41. The smallest absolute Gasteiger partial charge is 0.122 e. The van der Waals surface area contributed by atoms with Gasteiger partial charge in [0.1, 0.15) is 17.2 Å². The molecule has 2 N–H and O–H groups in total. The van der Waals surface area contributed by atoms with Gasteiger partial charge in [-0.15, -0.1) is 0 Å². The van der Waals surface area contributed by atoms with E-state index in [2.05, 4.69) is 60.6 Å². The van der Waals surface area contributed by atoms with E-state index in [0.29, 0.717) is 0 Å². The zero-order valence-corrected chi connectivity index (χ0v) is 16.8. The van der Waals surface area contributed by atoms with E-state index in [1.807, 2.05) is 0 Å². The molecule has 3 nitrogen and oxygen atoms in total. The normalized spacial score (nSPS) is 11.5. The first-order valence-electron chi connectivity index (χ1n) is 8.54. The minimum Gasteiger partial charge on any atom is -0.508 e. The average molecular weight is 344 g/mol. The molecule has 0 saturated carbocycles. The molecule has 2 aromatic rings. The lowest BCUT2D eigenvalue weighted by Gasteiger charge is -2.33. The fourth-order valence-corrected chi connectivity index (χ4v) is 3.02. The summed E-state index contributed by atoms with van der Waals surface area (Å²) in [6.07, 6.45) is 0. The first-order valence-corrected chi connectivity index (χ1v) is 8.54. The highest BCUT2D eigenvalue weighted by Gasteiger charge is 2.29. The molecule has 138 valence electrons. The van der Waals surface area contributed by atoms with Crippen LogP contribution in [0, 0.1) is 6.92 Å².